The number of phenolic OH excluding ortho intramolecular Hbond substituents is 2. The van der Waals surface area contributed by atoms with Gasteiger partial charge in [-0.2, -0.15) is 10.2 Å². The summed E-state index contributed by atoms with van der Waals surface area (Å²) in [4.78, 5) is 32.0. The van der Waals surface area contributed by atoms with E-state index in [1.807, 2.05) is 10.9 Å². The van der Waals surface area contributed by atoms with E-state index in [0.29, 0.717) is 0 Å². The van der Waals surface area contributed by atoms with Crippen LogP contribution in [0.15, 0.2) is 34.5 Å². The Morgan fingerprint density at radius 3 is 1.56 bits per heavy atom. The Morgan fingerprint density at radius 2 is 1.25 bits per heavy atom. The molecule has 0 fully saturated rings. The number of carbonyl (C=O) groups is 1. The molecule has 0 saturated heterocycles. The Kier molecular flexibility index (Phi) is 7.43. The van der Waals surface area contributed by atoms with Crippen LogP contribution in [0.4, 0.5) is 16.2 Å². The van der Waals surface area contributed by atoms with Gasteiger partial charge in [0.1, 0.15) is 0 Å². The average Bonchev–Trinajstić information content (AvgIpc) is 2.75. The van der Waals surface area contributed by atoms with Crippen LogP contribution in [0.5, 0.6) is 23.0 Å². The molecule has 0 unspecified atom stereocenters. The van der Waals surface area contributed by atoms with E-state index >= 15 is 0 Å². The SMILES string of the molecule is COc1cc(C=NNC(=O)NN=Cc2cc(OC)c(O)c([N+](=O)[O-])c2)cc([N+](=O)[O-])c1O. The van der Waals surface area contributed by atoms with Gasteiger partial charge in [-0.3, -0.25) is 20.2 Å². The molecule has 15 heteroatoms. The highest BCUT2D eigenvalue weighted by atomic mass is 16.6. The van der Waals surface area contributed by atoms with Gasteiger partial charge in [0.2, 0.25) is 11.5 Å². The monoisotopic (exact) mass is 448 g/mol. The third-order valence-electron chi connectivity index (χ3n) is 3.75. The van der Waals surface area contributed by atoms with Crippen molar-refractivity contribution in [3.8, 4) is 23.0 Å². The zero-order valence-corrected chi connectivity index (χ0v) is 16.5. The number of hydrogen-bond donors (Lipinski definition) is 4. The number of carbonyl (C=O) groups excluding carboxylic acids is 1. The van der Waals surface area contributed by atoms with Gasteiger partial charge >= 0.3 is 17.4 Å². The van der Waals surface area contributed by atoms with E-state index in [1.165, 1.54) is 26.4 Å². The first kappa shape index (κ1) is 23.3. The van der Waals surface area contributed by atoms with E-state index in [-0.39, 0.29) is 22.6 Å². The summed E-state index contributed by atoms with van der Waals surface area (Å²) < 4.78 is 9.69. The minimum atomic E-state index is -0.905. The van der Waals surface area contributed by atoms with E-state index < -0.39 is 38.8 Å². The maximum Gasteiger partial charge on any atom is 0.355 e. The molecule has 0 radical (unpaired) electrons. The van der Waals surface area contributed by atoms with E-state index in [2.05, 4.69) is 10.2 Å². The maximum atomic E-state index is 11.7. The lowest BCUT2D eigenvalue weighted by Gasteiger charge is -2.05. The summed E-state index contributed by atoms with van der Waals surface area (Å²) in [5.74, 6) is -1.62. The largest absolute Gasteiger partial charge is 0.500 e. The van der Waals surface area contributed by atoms with Gasteiger partial charge in [0, 0.05) is 23.3 Å². The fraction of sp³-hybridized carbons (Fsp3) is 0.118. The van der Waals surface area contributed by atoms with Crippen molar-refractivity contribution >= 4 is 29.8 Å². The molecule has 168 valence electrons. The van der Waals surface area contributed by atoms with Crippen molar-refractivity contribution in [3.05, 3.63) is 55.6 Å². The average molecular weight is 448 g/mol. The van der Waals surface area contributed by atoms with Crippen LogP contribution < -0.4 is 20.3 Å². The first-order chi connectivity index (χ1) is 15.2. The molecule has 0 aliphatic rings. The molecule has 0 aliphatic carbocycles. The highest BCUT2D eigenvalue weighted by molar-refractivity contribution is 5.86. The number of urea groups is 1. The molecular weight excluding hydrogens is 432 g/mol. The molecule has 0 aliphatic heterocycles. The number of methoxy groups -OCH3 is 2. The van der Waals surface area contributed by atoms with Crippen molar-refractivity contribution in [2.45, 2.75) is 0 Å². The Labute approximate surface area is 178 Å². The third kappa shape index (κ3) is 5.56. The van der Waals surface area contributed by atoms with E-state index in [9.17, 15) is 35.2 Å². The molecule has 2 aromatic rings. The van der Waals surface area contributed by atoms with Crippen LogP contribution in [0.3, 0.4) is 0 Å². The van der Waals surface area contributed by atoms with Crippen LogP contribution in [0.1, 0.15) is 11.1 Å². The van der Waals surface area contributed by atoms with Crippen LogP contribution >= 0.6 is 0 Å². The van der Waals surface area contributed by atoms with Gasteiger partial charge < -0.3 is 19.7 Å². The zero-order chi connectivity index (χ0) is 23.8. The van der Waals surface area contributed by atoms with E-state index in [4.69, 9.17) is 9.47 Å². The van der Waals surface area contributed by atoms with Crippen molar-refractivity contribution in [1.82, 2.24) is 10.9 Å². The van der Waals surface area contributed by atoms with E-state index in [1.54, 1.807) is 0 Å². The number of rotatable bonds is 8. The van der Waals surface area contributed by atoms with Crippen LogP contribution in [0.25, 0.3) is 0 Å². The van der Waals surface area contributed by atoms with Crippen molar-refractivity contribution in [2.24, 2.45) is 10.2 Å². The maximum absolute atomic E-state index is 11.7. The predicted octanol–water partition coefficient (Wildman–Crippen LogP) is 1.60. The summed E-state index contributed by atoms with van der Waals surface area (Å²) in [5.41, 5.74) is 3.16. The lowest BCUT2D eigenvalue weighted by molar-refractivity contribution is -0.386. The number of phenols is 2. The van der Waals surface area contributed by atoms with Crippen molar-refractivity contribution < 1.29 is 34.3 Å². The molecule has 0 atom stereocenters. The molecular formula is C17H16N6O9. The summed E-state index contributed by atoms with van der Waals surface area (Å²) in [6.45, 7) is 0. The zero-order valence-electron chi connectivity index (χ0n) is 16.5. The Morgan fingerprint density at radius 1 is 0.875 bits per heavy atom. The fourth-order valence-electron chi connectivity index (χ4n) is 2.32. The minimum Gasteiger partial charge on any atom is -0.500 e. The summed E-state index contributed by atoms with van der Waals surface area (Å²) >= 11 is 0. The molecule has 32 heavy (non-hydrogen) atoms. The summed E-state index contributed by atoms with van der Waals surface area (Å²) in [5, 5.41) is 48.5. The standard InChI is InChI=1S/C17H16N6O9/c1-31-13-5-9(3-11(15(13)24)22(27)28)7-18-20-17(26)21-19-8-10-4-12(23(29)30)16(25)14(6-10)32-2/h3-8,24-25H,1-2H3,(H2,20,21,26). The number of nitrogens with zero attached hydrogens (tertiary/aromatic N) is 4. The first-order valence-electron chi connectivity index (χ1n) is 8.40. The molecule has 0 bridgehead atoms. The van der Waals surface area contributed by atoms with Gasteiger partial charge in [0.15, 0.2) is 11.5 Å². The normalized spacial score (nSPS) is 10.8. The quantitative estimate of drug-likeness (QED) is 0.262. The molecule has 0 heterocycles. The second-order valence-corrected chi connectivity index (χ2v) is 5.77. The number of amides is 2. The molecule has 4 N–H and O–H groups in total. The van der Waals surface area contributed by atoms with Crippen molar-refractivity contribution in [3.63, 3.8) is 0 Å². The number of nitro groups is 2. The van der Waals surface area contributed by atoms with Gasteiger partial charge in [-0.05, 0) is 12.1 Å². The van der Waals surface area contributed by atoms with Crippen LogP contribution in [0, 0.1) is 20.2 Å². The molecule has 15 nitrogen and oxygen atoms in total. The van der Waals surface area contributed by atoms with Gasteiger partial charge in [0.05, 0.1) is 36.5 Å². The summed E-state index contributed by atoms with van der Waals surface area (Å²) in [6.07, 6.45) is 2.12. The predicted molar refractivity (Wildman–Crippen MR) is 109 cm³/mol. The van der Waals surface area contributed by atoms with Gasteiger partial charge in [-0.25, -0.2) is 15.6 Å². The fourth-order valence-corrected chi connectivity index (χ4v) is 2.32. The molecule has 0 saturated carbocycles. The lowest BCUT2D eigenvalue weighted by Crippen LogP contribution is -2.28. The number of aromatic hydroxyl groups is 2. The van der Waals surface area contributed by atoms with Crippen LogP contribution in [0.2, 0.25) is 0 Å². The number of nitro benzene ring substituents is 2. The first-order valence-corrected chi connectivity index (χ1v) is 8.40. The molecule has 0 aromatic heterocycles. The number of hydrogen-bond acceptors (Lipinski definition) is 11. The van der Waals surface area contributed by atoms with Gasteiger partial charge in [-0.15, -0.1) is 0 Å². The molecule has 0 spiro atoms. The number of hydrazone groups is 2. The molecule has 2 rings (SSSR count). The van der Waals surface area contributed by atoms with Crippen molar-refractivity contribution in [2.75, 3.05) is 14.2 Å². The Hall–Kier alpha value is -4.95. The lowest BCUT2D eigenvalue weighted by atomic mass is 10.2. The number of nitrogens with one attached hydrogen (secondary N) is 2. The van der Waals surface area contributed by atoms with Crippen LogP contribution in [-0.2, 0) is 0 Å². The minimum absolute atomic E-state index is 0.152. The van der Waals surface area contributed by atoms with E-state index in [0.717, 1.165) is 24.6 Å². The second kappa shape index (κ2) is 10.2. The van der Waals surface area contributed by atoms with Crippen molar-refractivity contribution in [1.29, 1.82) is 0 Å². The smallest absolute Gasteiger partial charge is 0.355 e. The Balaban J connectivity index is 2.05. The molecule has 2 amide bonds. The second-order valence-electron chi connectivity index (χ2n) is 5.77. The topological polar surface area (TPSA) is 211 Å². The van der Waals surface area contributed by atoms with Crippen LogP contribution in [-0.4, -0.2) is 52.7 Å². The number of benzene rings is 2. The molecule has 2 aromatic carbocycles. The Bertz CT molecular complexity index is 1030. The summed E-state index contributed by atoms with van der Waals surface area (Å²) in [6, 6.07) is 3.65. The number of ether oxygens (including phenoxy) is 2. The van der Waals surface area contributed by atoms with Gasteiger partial charge in [0.25, 0.3) is 0 Å². The van der Waals surface area contributed by atoms with Gasteiger partial charge in [-0.1, -0.05) is 0 Å². The highest BCUT2D eigenvalue weighted by Crippen LogP contribution is 2.37. The highest BCUT2D eigenvalue weighted by Gasteiger charge is 2.20. The third-order valence-corrected chi connectivity index (χ3v) is 3.75. The summed E-state index contributed by atoms with van der Waals surface area (Å²) in [7, 11) is 2.42.